The smallest absolute Gasteiger partial charge is 0.267 e. The van der Waals surface area contributed by atoms with Crippen molar-refractivity contribution in [2.75, 3.05) is 6.54 Å². The predicted molar refractivity (Wildman–Crippen MR) is 87.0 cm³/mol. The Labute approximate surface area is 136 Å². The van der Waals surface area contributed by atoms with Gasteiger partial charge in [-0.1, -0.05) is 15.9 Å². The van der Waals surface area contributed by atoms with Crippen LogP contribution in [0.15, 0.2) is 39.6 Å². The van der Waals surface area contributed by atoms with E-state index in [-0.39, 0.29) is 11.5 Å². The van der Waals surface area contributed by atoms with Crippen molar-refractivity contribution in [3.8, 4) is 0 Å². The molecule has 1 aromatic heterocycles. The number of hydrogen-bond acceptors (Lipinski definition) is 3. The van der Waals surface area contributed by atoms with Gasteiger partial charge in [0, 0.05) is 22.6 Å². The van der Waals surface area contributed by atoms with E-state index in [1.807, 2.05) is 12.1 Å². The monoisotopic (exact) mass is 361 g/mol. The molecule has 22 heavy (non-hydrogen) atoms. The standard InChI is InChI=1S/C16H16BrN3O2/c17-13-6-4-11(5-7-13)16(22)18-8-9-20-15(21)10-12-2-1-3-14(12)19-20/h4-7,10H,1-3,8-9H2,(H,18,22). The number of nitrogens with zero attached hydrogens (tertiary/aromatic N) is 2. The van der Waals surface area contributed by atoms with Gasteiger partial charge in [-0.2, -0.15) is 5.10 Å². The second kappa shape index (κ2) is 6.44. The molecule has 1 amide bonds. The number of aryl methyl sites for hydroxylation is 2. The van der Waals surface area contributed by atoms with Crippen LogP contribution in [0.25, 0.3) is 0 Å². The molecule has 2 aromatic rings. The SMILES string of the molecule is O=C(NCCn1nc2c(cc1=O)CCC2)c1ccc(Br)cc1. The first-order valence-electron chi connectivity index (χ1n) is 7.27. The molecule has 0 saturated carbocycles. The summed E-state index contributed by atoms with van der Waals surface area (Å²) in [4.78, 5) is 23.9. The average molecular weight is 362 g/mol. The van der Waals surface area contributed by atoms with Gasteiger partial charge in [-0.05, 0) is 49.1 Å². The third-order valence-corrected chi connectivity index (χ3v) is 4.27. The third-order valence-electron chi connectivity index (χ3n) is 3.74. The summed E-state index contributed by atoms with van der Waals surface area (Å²) >= 11 is 3.33. The minimum atomic E-state index is -0.151. The van der Waals surface area contributed by atoms with Crippen molar-refractivity contribution in [1.29, 1.82) is 0 Å². The van der Waals surface area contributed by atoms with Crippen LogP contribution in [0.4, 0.5) is 0 Å². The molecule has 1 aliphatic rings. The summed E-state index contributed by atoms with van der Waals surface area (Å²) < 4.78 is 2.37. The Morgan fingerprint density at radius 3 is 2.82 bits per heavy atom. The number of rotatable bonds is 4. The first kappa shape index (κ1) is 15.0. The number of aromatic nitrogens is 2. The van der Waals surface area contributed by atoms with Crippen molar-refractivity contribution < 1.29 is 4.79 Å². The van der Waals surface area contributed by atoms with Crippen LogP contribution in [0.2, 0.25) is 0 Å². The Balaban J connectivity index is 1.60. The van der Waals surface area contributed by atoms with Gasteiger partial charge in [0.05, 0.1) is 12.2 Å². The van der Waals surface area contributed by atoms with E-state index < -0.39 is 0 Å². The number of benzene rings is 1. The maximum Gasteiger partial charge on any atom is 0.267 e. The van der Waals surface area contributed by atoms with Crippen LogP contribution in [0, 0.1) is 0 Å². The Bertz CT molecular complexity index is 753. The molecule has 0 saturated heterocycles. The molecule has 1 heterocycles. The van der Waals surface area contributed by atoms with E-state index >= 15 is 0 Å². The van der Waals surface area contributed by atoms with Crippen molar-refractivity contribution >= 4 is 21.8 Å². The molecule has 6 heteroatoms. The average Bonchev–Trinajstić information content (AvgIpc) is 2.95. The van der Waals surface area contributed by atoms with E-state index in [0.29, 0.717) is 18.7 Å². The fourth-order valence-electron chi connectivity index (χ4n) is 2.58. The number of carbonyl (C=O) groups excluding carboxylic acids is 1. The largest absolute Gasteiger partial charge is 0.350 e. The topological polar surface area (TPSA) is 64.0 Å². The van der Waals surface area contributed by atoms with Crippen LogP contribution >= 0.6 is 15.9 Å². The molecule has 0 aliphatic heterocycles. The predicted octanol–water partition coefficient (Wildman–Crippen LogP) is 1.92. The molecule has 114 valence electrons. The van der Waals surface area contributed by atoms with Crippen molar-refractivity contribution in [2.24, 2.45) is 0 Å². The minimum Gasteiger partial charge on any atom is -0.350 e. The molecule has 0 radical (unpaired) electrons. The Morgan fingerprint density at radius 2 is 2.05 bits per heavy atom. The highest BCUT2D eigenvalue weighted by Gasteiger charge is 2.14. The van der Waals surface area contributed by atoms with Crippen LogP contribution in [0.3, 0.4) is 0 Å². The van der Waals surface area contributed by atoms with E-state index in [1.54, 1.807) is 18.2 Å². The van der Waals surface area contributed by atoms with Gasteiger partial charge in [0.1, 0.15) is 0 Å². The molecule has 3 rings (SSSR count). The summed E-state index contributed by atoms with van der Waals surface area (Å²) in [5.74, 6) is -0.151. The number of carbonyl (C=O) groups is 1. The lowest BCUT2D eigenvalue weighted by molar-refractivity contribution is 0.0951. The third kappa shape index (κ3) is 3.27. The maximum absolute atomic E-state index is 12.0. The van der Waals surface area contributed by atoms with Gasteiger partial charge >= 0.3 is 0 Å². The molecular formula is C16H16BrN3O2. The maximum atomic E-state index is 12.0. The molecule has 1 aliphatic carbocycles. The van der Waals surface area contributed by atoms with Crippen LogP contribution in [-0.4, -0.2) is 22.2 Å². The number of amides is 1. The van der Waals surface area contributed by atoms with Crippen molar-refractivity contribution in [2.45, 2.75) is 25.8 Å². The molecule has 0 fully saturated rings. The Kier molecular flexibility index (Phi) is 4.38. The van der Waals surface area contributed by atoms with Gasteiger partial charge in [-0.25, -0.2) is 4.68 Å². The summed E-state index contributed by atoms with van der Waals surface area (Å²) in [5, 5.41) is 7.19. The van der Waals surface area contributed by atoms with E-state index in [9.17, 15) is 9.59 Å². The first-order valence-corrected chi connectivity index (χ1v) is 8.06. The number of fused-ring (bicyclic) bond motifs is 1. The van der Waals surface area contributed by atoms with Crippen LogP contribution in [-0.2, 0) is 19.4 Å². The lowest BCUT2D eigenvalue weighted by Gasteiger charge is -2.08. The number of hydrogen-bond donors (Lipinski definition) is 1. The lowest BCUT2D eigenvalue weighted by atomic mass is 10.2. The summed E-state index contributed by atoms with van der Waals surface area (Å²) in [7, 11) is 0. The van der Waals surface area contributed by atoms with Crippen LogP contribution < -0.4 is 10.9 Å². The zero-order valence-electron chi connectivity index (χ0n) is 12.0. The summed E-state index contributed by atoms with van der Waals surface area (Å²) in [5.41, 5.74) is 2.58. The van der Waals surface area contributed by atoms with E-state index in [2.05, 4.69) is 26.3 Å². The van der Waals surface area contributed by atoms with Crippen LogP contribution in [0.5, 0.6) is 0 Å². The van der Waals surface area contributed by atoms with Gasteiger partial charge in [0.15, 0.2) is 0 Å². The van der Waals surface area contributed by atoms with Gasteiger partial charge < -0.3 is 5.32 Å². The molecule has 0 unspecified atom stereocenters. The van der Waals surface area contributed by atoms with Crippen molar-refractivity contribution in [1.82, 2.24) is 15.1 Å². The molecule has 5 nitrogen and oxygen atoms in total. The number of nitrogens with one attached hydrogen (secondary N) is 1. The van der Waals surface area contributed by atoms with Gasteiger partial charge in [0.2, 0.25) is 0 Å². The van der Waals surface area contributed by atoms with E-state index in [4.69, 9.17) is 0 Å². The quantitative estimate of drug-likeness (QED) is 0.904. The second-order valence-electron chi connectivity index (χ2n) is 5.29. The highest BCUT2D eigenvalue weighted by atomic mass is 79.9. The summed E-state index contributed by atoms with van der Waals surface area (Å²) in [6, 6.07) is 8.81. The summed E-state index contributed by atoms with van der Waals surface area (Å²) in [6.07, 6.45) is 2.94. The van der Waals surface area contributed by atoms with Gasteiger partial charge in [-0.3, -0.25) is 9.59 Å². The highest BCUT2D eigenvalue weighted by molar-refractivity contribution is 9.10. The zero-order valence-corrected chi connectivity index (χ0v) is 13.6. The van der Waals surface area contributed by atoms with Gasteiger partial charge in [0.25, 0.3) is 11.5 Å². The second-order valence-corrected chi connectivity index (χ2v) is 6.21. The lowest BCUT2D eigenvalue weighted by Crippen LogP contribution is -2.32. The van der Waals surface area contributed by atoms with E-state index in [0.717, 1.165) is 35.0 Å². The molecular weight excluding hydrogens is 346 g/mol. The Hall–Kier alpha value is -1.95. The molecule has 0 spiro atoms. The normalized spacial score (nSPS) is 13.0. The number of halogens is 1. The first-order chi connectivity index (χ1) is 10.6. The molecule has 1 N–H and O–H groups in total. The molecule has 1 aromatic carbocycles. The van der Waals surface area contributed by atoms with Gasteiger partial charge in [-0.15, -0.1) is 0 Å². The minimum absolute atomic E-state index is 0.0986. The van der Waals surface area contributed by atoms with E-state index in [1.165, 1.54) is 4.68 Å². The fourth-order valence-corrected chi connectivity index (χ4v) is 2.84. The fraction of sp³-hybridized carbons (Fsp3) is 0.312. The Morgan fingerprint density at radius 1 is 1.27 bits per heavy atom. The zero-order chi connectivity index (χ0) is 15.5. The van der Waals surface area contributed by atoms with Crippen molar-refractivity contribution in [3.05, 3.63) is 62.0 Å². The molecule has 0 atom stereocenters. The summed E-state index contributed by atoms with van der Waals surface area (Å²) in [6.45, 7) is 0.759. The highest BCUT2D eigenvalue weighted by Crippen LogP contribution is 2.16. The van der Waals surface area contributed by atoms with Crippen LogP contribution in [0.1, 0.15) is 28.0 Å². The molecule has 0 bridgehead atoms. The van der Waals surface area contributed by atoms with Crippen molar-refractivity contribution in [3.63, 3.8) is 0 Å².